The SMILES string of the molecule is O=C(Nc1cccc(Cl)c1)Nc1nnc(CC(=O)N2CCc3ccccc32)s1. The van der Waals surface area contributed by atoms with E-state index in [-0.39, 0.29) is 12.3 Å². The second kappa shape index (κ2) is 7.95. The van der Waals surface area contributed by atoms with Crippen molar-refractivity contribution in [2.24, 2.45) is 0 Å². The van der Waals surface area contributed by atoms with Crippen LogP contribution in [0.2, 0.25) is 5.02 Å². The number of anilines is 3. The molecule has 2 N–H and O–H groups in total. The van der Waals surface area contributed by atoms with Crippen LogP contribution in [0.25, 0.3) is 0 Å². The van der Waals surface area contributed by atoms with E-state index in [1.54, 1.807) is 29.2 Å². The van der Waals surface area contributed by atoms with Gasteiger partial charge in [0.15, 0.2) is 0 Å². The van der Waals surface area contributed by atoms with Crippen molar-refractivity contribution in [3.63, 3.8) is 0 Å². The molecule has 1 aliphatic rings. The minimum Gasteiger partial charge on any atom is -0.311 e. The van der Waals surface area contributed by atoms with Crippen LogP contribution in [0.5, 0.6) is 0 Å². The molecule has 0 saturated carbocycles. The molecular formula is C19H16ClN5O2S. The second-order valence-corrected chi connectivity index (χ2v) is 7.69. The molecule has 2 aromatic carbocycles. The number of hydrogen-bond donors (Lipinski definition) is 2. The fraction of sp³-hybridized carbons (Fsp3) is 0.158. The van der Waals surface area contributed by atoms with E-state index in [9.17, 15) is 9.59 Å². The van der Waals surface area contributed by atoms with Gasteiger partial charge in [-0.05, 0) is 36.2 Å². The molecule has 7 nitrogen and oxygen atoms in total. The molecule has 0 aliphatic carbocycles. The normalized spacial score (nSPS) is 12.5. The Bertz CT molecular complexity index is 1040. The Hall–Kier alpha value is -2.97. The number of hydrogen-bond acceptors (Lipinski definition) is 5. The monoisotopic (exact) mass is 413 g/mol. The van der Waals surface area contributed by atoms with Crippen molar-refractivity contribution in [3.05, 3.63) is 64.1 Å². The summed E-state index contributed by atoms with van der Waals surface area (Å²) < 4.78 is 0. The zero-order chi connectivity index (χ0) is 19.5. The summed E-state index contributed by atoms with van der Waals surface area (Å²) in [6, 6.07) is 14.3. The smallest absolute Gasteiger partial charge is 0.311 e. The van der Waals surface area contributed by atoms with Crippen LogP contribution in [0.1, 0.15) is 10.6 Å². The van der Waals surface area contributed by atoms with Crippen LogP contribution in [0.15, 0.2) is 48.5 Å². The Morgan fingerprint density at radius 3 is 2.82 bits per heavy atom. The number of amides is 3. The van der Waals surface area contributed by atoms with Crippen molar-refractivity contribution in [1.29, 1.82) is 0 Å². The van der Waals surface area contributed by atoms with Gasteiger partial charge in [0.1, 0.15) is 5.01 Å². The van der Waals surface area contributed by atoms with Gasteiger partial charge in [-0.3, -0.25) is 10.1 Å². The van der Waals surface area contributed by atoms with Crippen molar-refractivity contribution < 1.29 is 9.59 Å². The Balaban J connectivity index is 1.35. The summed E-state index contributed by atoms with van der Waals surface area (Å²) in [6.07, 6.45) is 0.998. The van der Waals surface area contributed by atoms with Crippen molar-refractivity contribution in [2.45, 2.75) is 12.8 Å². The number of halogens is 1. The van der Waals surface area contributed by atoms with Crippen molar-refractivity contribution >= 4 is 51.4 Å². The highest BCUT2D eigenvalue weighted by molar-refractivity contribution is 7.15. The minimum absolute atomic E-state index is 0.0315. The first-order chi connectivity index (χ1) is 13.6. The first-order valence-corrected chi connectivity index (χ1v) is 9.82. The fourth-order valence-electron chi connectivity index (χ4n) is 3.02. The maximum Gasteiger partial charge on any atom is 0.325 e. The molecule has 142 valence electrons. The Labute approximate surface area is 170 Å². The summed E-state index contributed by atoms with van der Waals surface area (Å²) in [5, 5.41) is 14.6. The van der Waals surface area contributed by atoms with E-state index >= 15 is 0 Å². The predicted molar refractivity (Wildman–Crippen MR) is 110 cm³/mol. The van der Waals surface area contributed by atoms with Gasteiger partial charge in [0, 0.05) is 22.9 Å². The van der Waals surface area contributed by atoms with E-state index in [2.05, 4.69) is 20.8 Å². The van der Waals surface area contributed by atoms with Gasteiger partial charge in [-0.25, -0.2) is 4.79 Å². The maximum absolute atomic E-state index is 12.6. The zero-order valence-corrected chi connectivity index (χ0v) is 16.3. The highest BCUT2D eigenvalue weighted by atomic mass is 35.5. The van der Waals surface area contributed by atoms with Gasteiger partial charge >= 0.3 is 6.03 Å². The third kappa shape index (κ3) is 4.13. The average Bonchev–Trinajstić information content (AvgIpc) is 3.28. The van der Waals surface area contributed by atoms with Crippen LogP contribution < -0.4 is 15.5 Å². The number of nitrogens with one attached hydrogen (secondary N) is 2. The lowest BCUT2D eigenvalue weighted by Gasteiger charge is -2.16. The third-order valence-electron chi connectivity index (χ3n) is 4.26. The molecule has 3 aromatic rings. The van der Waals surface area contributed by atoms with E-state index in [1.807, 2.05) is 24.3 Å². The number of fused-ring (bicyclic) bond motifs is 1. The van der Waals surface area contributed by atoms with Crippen LogP contribution >= 0.6 is 22.9 Å². The van der Waals surface area contributed by atoms with Crippen LogP contribution in [0.3, 0.4) is 0 Å². The molecule has 0 unspecified atom stereocenters. The standard InChI is InChI=1S/C19H16ClN5O2S/c20-13-5-3-6-14(10-13)21-18(27)22-19-24-23-16(28-19)11-17(26)25-9-8-12-4-1-2-7-15(12)25/h1-7,10H,8-9,11H2,(H2,21,22,24,27). The van der Waals surface area contributed by atoms with Crippen LogP contribution in [0.4, 0.5) is 21.3 Å². The van der Waals surface area contributed by atoms with Gasteiger partial charge in [0.25, 0.3) is 0 Å². The molecule has 0 fully saturated rings. The summed E-state index contributed by atoms with van der Waals surface area (Å²) in [5.41, 5.74) is 2.70. The lowest BCUT2D eigenvalue weighted by molar-refractivity contribution is -0.117. The molecule has 0 spiro atoms. The van der Waals surface area contributed by atoms with E-state index < -0.39 is 6.03 Å². The highest BCUT2D eigenvalue weighted by Crippen LogP contribution is 2.28. The van der Waals surface area contributed by atoms with Crippen molar-refractivity contribution in [3.8, 4) is 0 Å². The lowest BCUT2D eigenvalue weighted by Crippen LogP contribution is -2.30. The summed E-state index contributed by atoms with van der Waals surface area (Å²) in [6.45, 7) is 0.671. The number of carbonyl (C=O) groups excluding carboxylic acids is 2. The average molecular weight is 414 g/mol. The molecular weight excluding hydrogens is 398 g/mol. The third-order valence-corrected chi connectivity index (χ3v) is 5.33. The van der Waals surface area contributed by atoms with E-state index in [0.717, 1.165) is 12.1 Å². The number of benzene rings is 2. The zero-order valence-electron chi connectivity index (χ0n) is 14.7. The van der Waals surface area contributed by atoms with Crippen molar-refractivity contribution in [2.75, 3.05) is 22.1 Å². The van der Waals surface area contributed by atoms with Gasteiger partial charge < -0.3 is 10.2 Å². The first kappa shape index (κ1) is 18.4. The number of nitrogens with zero attached hydrogens (tertiary/aromatic N) is 3. The topological polar surface area (TPSA) is 87.2 Å². The van der Waals surface area contributed by atoms with Crippen molar-refractivity contribution in [1.82, 2.24) is 10.2 Å². The number of aromatic nitrogens is 2. The van der Waals surface area contributed by atoms with Gasteiger partial charge in [-0.15, -0.1) is 10.2 Å². The Morgan fingerprint density at radius 1 is 1.11 bits per heavy atom. The molecule has 28 heavy (non-hydrogen) atoms. The molecule has 0 atom stereocenters. The molecule has 0 saturated heterocycles. The highest BCUT2D eigenvalue weighted by Gasteiger charge is 2.25. The van der Waals surface area contributed by atoms with E-state index in [4.69, 9.17) is 11.6 Å². The first-order valence-electron chi connectivity index (χ1n) is 8.63. The molecule has 1 aromatic heterocycles. The van der Waals surface area contributed by atoms with Crippen LogP contribution in [-0.2, 0) is 17.6 Å². The van der Waals surface area contributed by atoms with Gasteiger partial charge in [-0.2, -0.15) is 0 Å². The summed E-state index contributed by atoms with van der Waals surface area (Å²) >= 11 is 7.07. The van der Waals surface area contributed by atoms with Crippen LogP contribution in [0, 0.1) is 0 Å². The molecule has 0 radical (unpaired) electrons. The molecule has 2 heterocycles. The van der Waals surface area contributed by atoms with Gasteiger partial charge in [0.2, 0.25) is 11.0 Å². The predicted octanol–water partition coefficient (Wildman–Crippen LogP) is 3.97. The van der Waals surface area contributed by atoms with E-state index in [0.29, 0.717) is 27.4 Å². The summed E-state index contributed by atoms with van der Waals surface area (Å²) in [4.78, 5) is 26.5. The second-order valence-electron chi connectivity index (χ2n) is 6.19. The number of urea groups is 1. The molecule has 9 heteroatoms. The molecule has 1 aliphatic heterocycles. The maximum atomic E-state index is 12.6. The summed E-state index contributed by atoms with van der Waals surface area (Å²) in [5.74, 6) is -0.0315. The lowest BCUT2D eigenvalue weighted by atomic mass is 10.2. The quantitative estimate of drug-likeness (QED) is 0.677. The number of para-hydroxylation sites is 1. The Kier molecular flexibility index (Phi) is 5.23. The molecule has 0 bridgehead atoms. The molecule has 3 amide bonds. The minimum atomic E-state index is -0.454. The number of rotatable bonds is 4. The van der Waals surface area contributed by atoms with E-state index in [1.165, 1.54) is 16.9 Å². The molecule has 4 rings (SSSR count). The number of carbonyl (C=O) groups is 2. The summed E-state index contributed by atoms with van der Waals surface area (Å²) in [7, 11) is 0. The van der Waals surface area contributed by atoms with Gasteiger partial charge in [-0.1, -0.05) is 47.2 Å². The largest absolute Gasteiger partial charge is 0.325 e. The Morgan fingerprint density at radius 2 is 1.96 bits per heavy atom. The fourth-order valence-corrected chi connectivity index (χ4v) is 3.94. The van der Waals surface area contributed by atoms with Crippen LogP contribution in [-0.4, -0.2) is 28.7 Å². The van der Waals surface area contributed by atoms with Gasteiger partial charge in [0.05, 0.1) is 6.42 Å².